The van der Waals surface area contributed by atoms with Gasteiger partial charge in [-0.3, -0.25) is 0 Å². The smallest absolute Gasteiger partial charge is 0.145 e. The van der Waals surface area contributed by atoms with Gasteiger partial charge in [-0.2, -0.15) is 0 Å². The van der Waals surface area contributed by atoms with Crippen LogP contribution in [-0.2, 0) is 0 Å². The normalized spacial score (nSPS) is 11.8. The molecule has 0 aliphatic rings. The largest absolute Gasteiger partial charge is 0.455 e. The summed E-state index contributed by atoms with van der Waals surface area (Å²) in [6.07, 6.45) is 0. The molecule has 0 aliphatic carbocycles. The average molecular weight is 677 g/mol. The Morgan fingerprint density at radius 2 is 0.943 bits per heavy atom. The number of rotatable bonds is 5. The lowest BCUT2D eigenvalue weighted by molar-refractivity contribution is 0.672. The number of hydrogen-bond acceptors (Lipinski definition) is 2. The Hall–Kier alpha value is -7.10. The Balaban J connectivity index is 1.05. The van der Waals surface area contributed by atoms with E-state index in [-0.39, 0.29) is 0 Å². The molecule has 0 radical (unpaired) electrons. The Morgan fingerprint density at radius 3 is 1.68 bits per heavy atom. The molecule has 0 unspecified atom stereocenters. The van der Waals surface area contributed by atoms with E-state index in [0.717, 1.165) is 61.0 Å². The van der Waals surface area contributed by atoms with Crippen LogP contribution in [0.15, 0.2) is 199 Å². The van der Waals surface area contributed by atoms with E-state index in [1.165, 1.54) is 38.1 Å². The fourth-order valence-electron chi connectivity index (χ4n) is 8.34. The minimum atomic E-state index is 0.898. The van der Waals surface area contributed by atoms with Gasteiger partial charge in [-0.05, 0) is 82.6 Å². The highest BCUT2D eigenvalue weighted by atomic mass is 16.3. The maximum atomic E-state index is 6.65. The molecule has 2 aromatic heterocycles. The molecular weight excluding hydrogens is 645 g/mol. The number of hydrogen-bond donors (Lipinski definition) is 0. The maximum Gasteiger partial charge on any atom is 0.145 e. The van der Waals surface area contributed by atoms with Gasteiger partial charge in [0.15, 0.2) is 0 Å². The van der Waals surface area contributed by atoms with E-state index in [1.54, 1.807) is 0 Å². The molecule has 3 heteroatoms. The average Bonchev–Trinajstić information content (AvgIpc) is 3.78. The first-order valence-corrected chi connectivity index (χ1v) is 18.1. The van der Waals surface area contributed by atoms with Gasteiger partial charge in [-0.25, -0.2) is 0 Å². The molecular formula is C50H32N2O. The lowest BCUT2D eigenvalue weighted by Crippen LogP contribution is -2.11. The monoisotopic (exact) mass is 676 g/mol. The maximum absolute atomic E-state index is 6.65. The van der Waals surface area contributed by atoms with Gasteiger partial charge in [0.25, 0.3) is 0 Å². The van der Waals surface area contributed by atoms with Crippen LogP contribution >= 0.6 is 0 Å². The highest BCUT2D eigenvalue weighted by Gasteiger charge is 2.21. The zero-order chi connectivity index (χ0) is 34.9. The van der Waals surface area contributed by atoms with Gasteiger partial charge >= 0.3 is 0 Å². The van der Waals surface area contributed by atoms with Crippen molar-refractivity contribution in [2.45, 2.75) is 0 Å². The second-order valence-electron chi connectivity index (χ2n) is 13.7. The van der Waals surface area contributed by atoms with E-state index in [0.29, 0.717) is 0 Å². The highest BCUT2D eigenvalue weighted by Crippen LogP contribution is 2.45. The predicted octanol–water partition coefficient (Wildman–Crippen LogP) is 14.1. The highest BCUT2D eigenvalue weighted by molar-refractivity contribution is 6.20. The minimum absolute atomic E-state index is 0.898. The van der Waals surface area contributed by atoms with Crippen molar-refractivity contribution in [1.82, 2.24) is 4.57 Å². The second kappa shape index (κ2) is 11.7. The molecule has 0 aliphatic heterocycles. The molecule has 0 amide bonds. The number of aromatic nitrogens is 1. The lowest BCUT2D eigenvalue weighted by Gasteiger charge is -2.28. The van der Waals surface area contributed by atoms with Crippen LogP contribution in [0.25, 0.3) is 82.1 Å². The molecule has 11 rings (SSSR count). The molecule has 0 saturated heterocycles. The molecule has 9 aromatic carbocycles. The van der Waals surface area contributed by atoms with Gasteiger partial charge in [0.05, 0.1) is 22.4 Å². The Morgan fingerprint density at radius 1 is 0.377 bits per heavy atom. The van der Waals surface area contributed by atoms with Crippen LogP contribution in [0.2, 0.25) is 0 Å². The van der Waals surface area contributed by atoms with Crippen molar-refractivity contribution in [2.75, 3.05) is 4.90 Å². The summed E-state index contributed by atoms with van der Waals surface area (Å²) >= 11 is 0. The fourth-order valence-corrected chi connectivity index (χ4v) is 8.34. The van der Waals surface area contributed by atoms with E-state index in [1.807, 2.05) is 6.07 Å². The second-order valence-corrected chi connectivity index (χ2v) is 13.7. The van der Waals surface area contributed by atoms with Gasteiger partial charge < -0.3 is 13.9 Å². The number of anilines is 3. The number of nitrogens with zero attached hydrogens (tertiary/aromatic N) is 2. The molecule has 11 aromatic rings. The van der Waals surface area contributed by atoms with Crippen molar-refractivity contribution in [1.29, 1.82) is 0 Å². The molecule has 53 heavy (non-hydrogen) atoms. The third-order valence-electron chi connectivity index (χ3n) is 10.8. The number of fused-ring (bicyclic) bond motifs is 9. The molecule has 3 nitrogen and oxygen atoms in total. The van der Waals surface area contributed by atoms with Gasteiger partial charge in [-0.15, -0.1) is 0 Å². The van der Waals surface area contributed by atoms with Crippen LogP contribution in [0.4, 0.5) is 17.1 Å². The molecule has 0 spiro atoms. The minimum Gasteiger partial charge on any atom is -0.455 e. The van der Waals surface area contributed by atoms with Crippen molar-refractivity contribution in [3.8, 4) is 16.8 Å². The molecule has 0 bridgehead atoms. The number of furan rings is 1. The van der Waals surface area contributed by atoms with Crippen molar-refractivity contribution >= 4 is 82.4 Å². The summed E-state index contributed by atoms with van der Waals surface area (Å²) < 4.78 is 9.01. The van der Waals surface area contributed by atoms with Gasteiger partial charge in [-0.1, -0.05) is 133 Å². The van der Waals surface area contributed by atoms with Crippen LogP contribution in [0.1, 0.15) is 0 Å². The van der Waals surface area contributed by atoms with Crippen LogP contribution in [0.3, 0.4) is 0 Å². The summed E-state index contributed by atoms with van der Waals surface area (Å²) in [4.78, 5) is 2.40. The van der Waals surface area contributed by atoms with E-state index >= 15 is 0 Å². The molecule has 248 valence electrons. The first-order chi connectivity index (χ1) is 26.3. The Kier molecular flexibility index (Phi) is 6.55. The molecule has 0 fully saturated rings. The van der Waals surface area contributed by atoms with Crippen molar-refractivity contribution in [2.24, 2.45) is 0 Å². The third-order valence-corrected chi connectivity index (χ3v) is 10.8. The van der Waals surface area contributed by atoms with E-state index in [9.17, 15) is 0 Å². The summed E-state index contributed by atoms with van der Waals surface area (Å²) in [6, 6.07) is 69.7. The van der Waals surface area contributed by atoms with Crippen molar-refractivity contribution in [3.05, 3.63) is 194 Å². The zero-order valence-corrected chi connectivity index (χ0v) is 28.8. The Bertz CT molecular complexity index is 3110. The summed E-state index contributed by atoms with van der Waals surface area (Å²) in [5, 5.41) is 9.41. The summed E-state index contributed by atoms with van der Waals surface area (Å²) in [5.74, 6) is 0. The summed E-state index contributed by atoms with van der Waals surface area (Å²) in [6.45, 7) is 0. The van der Waals surface area contributed by atoms with Crippen LogP contribution in [0.5, 0.6) is 0 Å². The van der Waals surface area contributed by atoms with Crippen molar-refractivity contribution in [3.63, 3.8) is 0 Å². The van der Waals surface area contributed by atoms with Gasteiger partial charge in [0, 0.05) is 43.7 Å². The molecule has 2 heterocycles. The summed E-state index contributed by atoms with van der Waals surface area (Å²) in [5.41, 5.74) is 11.0. The van der Waals surface area contributed by atoms with Crippen molar-refractivity contribution < 1.29 is 4.42 Å². The third kappa shape index (κ3) is 4.61. The first kappa shape index (κ1) is 29.6. The van der Waals surface area contributed by atoms with Crippen LogP contribution in [-0.4, -0.2) is 4.57 Å². The quantitative estimate of drug-likeness (QED) is 0.181. The Labute approximate surface area is 306 Å². The lowest BCUT2D eigenvalue weighted by atomic mass is 10.0. The molecule has 0 N–H and O–H groups in total. The number of benzene rings is 9. The standard InChI is InChI=1S/C50H32N2O/c1-2-14-39-35(11-1)12-9-20-44(39)52(47-21-10-13-36-27-32-43-42-17-5-8-22-48(42)53-50(43)49(36)47)38-30-25-34(26-31-38)33-23-28-37(29-24-33)51-45-18-6-3-15-40(45)41-16-4-7-19-46(41)51/h1-32H. The van der Waals surface area contributed by atoms with Gasteiger partial charge in [0.2, 0.25) is 0 Å². The van der Waals surface area contributed by atoms with Crippen LogP contribution < -0.4 is 4.90 Å². The fraction of sp³-hybridized carbons (Fsp3) is 0. The van der Waals surface area contributed by atoms with E-state index < -0.39 is 0 Å². The predicted molar refractivity (Wildman–Crippen MR) is 223 cm³/mol. The summed E-state index contributed by atoms with van der Waals surface area (Å²) in [7, 11) is 0. The van der Waals surface area contributed by atoms with E-state index in [4.69, 9.17) is 4.42 Å². The number of para-hydroxylation sites is 3. The van der Waals surface area contributed by atoms with Crippen LogP contribution in [0, 0.1) is 0 Å². The molecule has 0 atom stereocenters. The topological polar surface area (TPSA) is 21.3 Å². The first-order valence-electron chi connectivity index (χ1n) is 18.1. The van der Waals surface area contributed by atoms with E-state index in [2.05, 4.69) is 198 Å². The SMILES string of the molecule is c1ccc2c(N(c3ccc(-c4ccc(-n5c6ccccc6c6ccccc65)cc4)cc3)c3cccc4ccc5c6ccccc6oc5c34)cccc2c1. The van der Waals surface area contributed by atoms with Gasteiger partial charge in [0.1, 0.15) is 11.2 Å². The molecule has 0 saturated carbocycles. The zero-order valence-electron chi connectivity index (χ0n) is 28.8.